The average Bonchev–Trinajstić information content (AvgIpc) is 2.37. The van der Waals surface area contributed by atoms with Gasteiger partial charge >= 0.3 is 0 Å². The van der Waals surface area contributed by atoms with Gasteiger partial charge in [-0.05, 0) is 36.1 Å². The summed E-state index contributed by atoms with van der Waals surface area (Å²) in [6.45, 7) is 3.82. The van der Waals surface area contributed by atoms with Crippen LogP contribution in [0.15, 0.2) is 18.2 Å². The fourth-order valence-corrected chi connectivity index (χ4v) is 1.99. The summed E-state index contributed by atoms with van der Waals surface area (Å²) >= 11 is 0. The van der Waals surface area contributed by atoms with E-state index >= 15 is 0 Å². The van der Waals surface area contributed by atoms with Crippen molar-refractivity contribution in [3.63, 3.8) is 0 Å². The number of hydrogen-bond acceptors (Lipinski definition) is 3. The van der Waals surface area contributed by atoms with Gasteiger partial charge in [-0.15, -0.1) is 0 Å². The third-order valence-electron chi connectivity index (χ3n) is 3.29. The Balaban J connectivity index is 2.10. The fourth-order valence-electron chi connectivity index (χ4n) is 1.99. The number of benzene rings is 1. The number of carbonyl (C=O) groups excluding carboxylic acids is 2. The van der Waals surface area contributed by atoms with E-state index in [4.69, 9.17) is 5.73 Å². The van der Waals surface area contributed by atoms with Crippen LogP contribution in [0.3, 0.4) is 0 Å². The number of aryl methyl sites for hydroxylation is 1. The Kier molecular flexibility index (Phi) is 3.85. The summed E-state index contributed by atoms with van der Waals surface area (Å²) in [5.74, 6) is -0.0576. The Morgan fingerprint density at radius 2 is 2.11 bits per heavy atom. The van der Waals surface area contributed by atoms with Gasteiger partial charge in [-0.3, -0.25) is 9.59 Å². The number of hydrogen-bond donors (Lipinski definition) is 3. The Labute approximate surface area is 112 Å². The van der Waals surface area contributed by atoms with Crippen molar-refractivity contribution in [2.75, 3.05) is 10.6 Å². The number of rotatable bonds is 3. The molecule has 1 aliphatic heterocycles. The van der Waals surface area contributed by atoms with Gasteiger partial charge in [0.05, 0.1) is 6.04 Å². The van der Waals surface area contributed by atoms with E-state index in [1.807, 2.05) is 26.0 Å². The molecule has 1 atom stereocenters. The van der Waals surface area contributed by atoms with E-state index in [1.54, 1.807) is 6.07 Å². The van der Waals surface area contributed by atoms with Crippen LogP contribution in [0.4, 0.5) is 11.4 Å². The number of fused-ring (bicyclic) bond motifs is 1. The van der Waals surface area contributed by atoms with E-state index in [0.717, 1.165) is 16.9 Å². The average molecular weight is 261 g/mol. The summed E-state index contributed by atoms with van der Waals surface area (Å²) < 4.78 is 0. The molecular weight excluding hydrogens is 242 g/mol. The van der Waals surface area contributed by atoms with Crippen molar-refractivity contribution in [3.8, 4) is 0 Å². The first-order valence-corrected chi connectivity index (χ1v) is 6.46. The first kappa shape index (κ1) is 13.5. The quantitative estimate of drug-likeness (QED) is 0.770. The number of carbonyl (C=O) groups is 2. The Bertz CT molecular complexity index is 511. The molecule has 1 aromatic carbocycles. The molecule has 0 saturated heterocycles. The Morgan fingerprint density at radius 1 is 1.37 bits per heavy atom. The summed E-state index contributed by atoms with van der Waals surface area (Å²) in [4.78, 5) is 23.1. The van der Waals surface area contributed by atoms with Crippen molar-refractivity contribution in [2.45, 2.75) is 32.7 Å². The molecule has 5 heteroatoms. The van der Waals surface area contributed by atoms with Gasteiger partial charge < -0.3 is 16.4 Å². The smallest absolute Gasteiger partial charge is 0.241 e. The molecule has 1 unspecified atom stereocenters. The molecule has 0 spiro atoms. The first-order valence-electron chi connectivity index (χ1n) is 6.46. The normalized spacial score (nSPS) is 15.7. The van der Waals surface area contributed by atoms with Crippen molar-refractivity contribution in [3.05, 3.63) is 23.8 Å². The molecule has 0 saturated carbocycles. The van der Waals surface area contributed by atoms with Crippen LogP contribution < -0.4 is 16.4 Å². The van der Waals surface area contributed by atoms with Gasteiger partial charge in [0, 0.05) is 17.8 Å². The van der Waals surface area contributed by atoms with Crippen molar-refractivity contribution in [1.82, 2.24) is 0 Å². The standard InChI is InChI=1S/C14H19N3O2/c1-8(2)13(15)14(19)16-10-4-5-11-9(7-10)3-6-12(18)17-11/h4-5,7-8,13H,3,6,15H2,1-2H3,(H,16,19)(H,17,18). The SMILES string of the molecule is CC(C)C(N)C(=O)Nc1ccc2c(c1)CCC(=O)N2. The fraction of sp³-hybridized carbons (Fsp3) is 0.429. The molecule has 0 aliphatic carbocycles. The van der Waals surface area contributed by atoms with Crippen molar-refractivity contribution < 1.29 is 9.59 Å². The molecule has 102 valence electrons. The number of nitrogens with one attached hydrogen (secondary N) is 2. The second-order valence-electron chi connectivity index (χ2n) is 5.18. The molecule has 2 amide bonds. The van der Waals surface area contributed by atoms with Crippen LogP contribution in [0.1, 0.15) is 25.8 Å². The zero-order chi connectivity index (χ0) is 14.0. The summed E-state index contributed by atoms with van der Waals surface area (Å²) in [6.07, 6.45) is 1.18. The monoisotopic (exact) mass is 261 g/mol. The minimum atomic E-state index is -0.518. The molecule has 1 heterocycles. The van der Waals surface area contributed by atoms with Gasteiger partial charge in [0.1, 0.15) is 0 Å². The van der Waals surface area contributed by atoms with E-state index in [2.05, 4.69) is 10.6 Å². The van der Waals surface area contributed by atoms with E-state index in [1.165, 1.54) is 0 Å². The van der Waals surface area contributed by atoms with Crippen LogP contribution in [0.25, 0.3) is 0 Å². The third-order valence-corrected chi connectivity index (χ3v) is 3.29. The highest BCUT2D eigenvalue weighted by molar-refractivity contribution is 5.97. The van der Waals surface area contributed by atoms with E-state index in [0.29, 0.717) is 12.8 Å². The van der Waals surface area contributed by atoms with Crippen LogP contribution in [-0.2, 0) is 16.0 Å². The first-order chi connectivity index (χ1) is 8.97. The van der Waals surface area contributed by atoms with Crippen LogP contribution >= 0.6 is 0 Å². The Morgan fingerprint density at radius 3 is 2.79 bits per heavy atom. The highest BCUT2D eigenvalue weighted by Gasteiger charge is 2.19. The Hall–Kier alpha value is -1.88. The molecule has 2 rings (SSSR count). The minimum absolute atomic E-state index is 0.0334. The predicted molar refractivity (Wildman–Crippen MR) is 74.8 cm³/mol. The second kappa shape index (κ2) is 5.40. The number of anilines is 2. The lowest BCUT2D eigenvalue weighted by Gasteiger charge is -2.19. The summed E-state index contributed by atoms with van der Waals surface area (Å²) in [5, 5.41) is 5.61. The maximum atomic E-state index is 11.9. The predicted octanol–water partition coefficient (Wildman–Crippen LogP) is 1.49. The van der Waals surface area contributed by atoms with Gasteiger partial charge in [0.15, 0.2) is 0 Å². The molecule has 0 radical (unpaired) electrons. The van der Waals surface area contributed by atoms with E-state index in [9.17, 15) is 9.59 Å². The lowest BCUT2D eigenvalue weighted by Crippen LogP contribution is -2.39. The van der Waals surface area contributed by atoms with E-state index in [-0.39, 0.29) is 17.7 Å². The van der Waals surface area contributed by atoms with Crippen molar-refractivity contribution in [1.29, 1.82) is 0 Å². The molecular formula is C14H19N3O2. The van der Waals surface area contributed by atoms with Gasteiger partial charge in [0.2, 0.25) is 11.8 Å². The van der Waals surface area contributed by atoms with Crippen molar-refractivity contribution >= 4 is 23.2 Å². The molecule has 0 fully saturated rings. The van der Waals surface area contributed by atoms with Gasteiger partial charge in [-0.2, -0.15) is 0 Å². The molecule has 0 aromatic heterocycles. The molecule has 1 aromatic rings. The zero-order valence-electron chi connectivity index (χ0n) is 11.2. The van der Waals surface area contributed by atoms with Crippen LogP contribution in [0, 0.1) is 5.92 Å². The molecule has 19 heavy (non-hydrogen) atoms. The topological polar surface area (TPSA) is 84.2 Å². The molecule has 4 N–H and O–H groups in total. The maximum Gasteiger partial charge on any atom is 0.241 e. The summed E-state index contributed by atoms with van der Waals surface area (Å²) in [6, 6.07) is 4.95. The van der Waals surface area contributed by atoms with Gasteiger partial charge in [-0.1, -0.05) is 13.8 Å². The van der Waals surface area contributed by atoms with Crippen LogP contribution in [-0.4, -0.2) is 17.9 Å². The number of amides is 2. The summed E-state index contributed by atoms with van der Waals surface area (Å²) in [5.41, 5.74) is 8.37. The third kappa shape index (κ3) is 3.12. The van der Waals surface area contributed by atoms with Gasteiger partial charge in [0.25, 0.3) is 0 Å². The highest BCUT2D eigenvalue weighted by Crippen LogP contribution is 2.25. The highest BCUT2D eigenvalue weighted by atomic mass is 16.2. The maximum absolute atomic E-state index is 11.9. The molecule has 1 aliphatic rings. The second-order valence-corrected chi connectivity index (χ2v) is 5.18. The van der Waals surface area contributed by atoms with Crippen LogP contribution in [0.5, 0.6) is 0 Å². The van der Waals surface area contributed by atoms with E-state index < -0.39 is 6.04 Å². The lowest BCUT2D eigenvalue weighted by atomic mass is 10.0. The summed E-state index contributed by atoms with van der Waals surface area (Å²) in [7, 11) is 0. The largest absolute Gasteiger partial charge is 0.326 e. The van der Waals surface area contributed by atoms with Crippen molar-refractivity contribution in [2.24, 2.45) is 11.7 Å². The molecule has 0 bridgehead atoms. The minimum Gasteiger partial charge on any atom is -0.326 e. The number of nitrogens with two attached hydrogens (primary N) is 1. The molecule has 5 nitrogen and oxygen atoms in total. The van der Waals surface area contributed by atoms with Crippen LogP contribution in [0.2, 0.25) is 0 Å². The zero-order valence-corrected chi connectivity index (χ0v) is 11.2. The van der Waals surface area contributed by atoms with Gasteiger partial charge in [-0.25, -0.2) is 0 Å². The lowest BCUT2D eigenvalue weighted by molar-refractivity contribution is -0.118.